The third kappa shape index (κ3) is 3.94. The molecule has 0 bridgehead atoms. The highest BCUT2D eigenvalue weighted by molar-refractivity contribution is 8.13. The van der Waals surface area contributed by atoms with Crippen molar-refractivity contribution in [2.24, 2.45) is 5.92 Å². The van der Waals surface area contributed by atoms with Gasteiger partial charge in [0.1, 0.15) is 10.7 Å². The van der Waals surface area contributed by atoms with Crippen molar-refractivity contribution in [3.63, 3.8) is 0 Å². The Balaban J connectivity index is 2.28. The second-order valence-corrected chi connectivity index (χ2v) is 9.51. The molecule has 118 valence electrons. The van der Waals surface area contributed by atoms with Crippen LogP contribution in [0.5, 0.6) is 0 Å². The molecule has 9 heteroatoms. The molecule has 0 amide bonds. The van der Waals surface area contributed by atoms with Crippen LogP contribution in [0.2, 0.25) is 0 Å². The first-order valence-electron chi connectivity index (χ1n) is 6.36. The summed E-state index contributed by atoms with van der Waals surface area (Å²) in [6.07, 6.45) is 2.32. The average molecular weight is 356 g/mol. The minimum atomic E-state index is -4.10. The Kier molecular flexibility index (Phi) is 4.63. The summed E-state index contributed by atoms with van der Waals surface area (Å²) in [5.74, 6) is -0.721. The number of hydrogen-bond donors (Lipinski definition) is 1. The van der Waals surface area contributed by atoms with Crippen molar-refractivity contribution >= 4 is 29.8 Å². The zero-order valence-corrected chi connectivity index (χ0v) is 13.6. The van der Waals surface area contributed by atoms with Gasteiger partial charge in [-0.25, -0.2) is 25.9 Å². The molecule has 1 fully saturated rings. The second-order valence-electron chi connectivity index (χ2n) is 5.27. The van der Waals surface area contributed by atoms with E-state index in [2.05, 4.69) is 4.72 Å². The van der Waals surface area contributed by atoms with Crippen molar-refractivity contribution in [3.8, 4) is 0 Å². The second kappa shape index (κ2) is 5.83. The summed E-state index contributed by atoms with van der Waals surface area (Å²) in [6.45, 7) is 2.02. The van der Waals surface area contributed by atoms with E-state index in [0.717, 1.165) is 18.6 Å². The molecule has 5 nitrogen and oxygen atoms in total. The van der Waals surface area contributed by atoms with Crippen LogP contribution in [0.4, 0.5) is 4.39 Å². The van der Waals surface area contributed by atoms with E-state index in [0.29, 0.717) is 24.8 Å². The monoisotopic (exact) mass is 355 g/mol. The molecule has 0 heterocycles. The van der Waals surface area contributed by atoms with E-state index >= 15 is 0 Å². The van der Waals surface area contributed by atoms with Gasteiger partial charge in [-0.15, -0.1) is 0 Å². The molecule has 2 unspecified atom stereocenters. The summed E-state index contributed by atoms with van der Waals surface area (Å²) < 4.78 is 62.8. The van der Waals surface area contributed by atoms with E-state index in [-0.39, 0.29) is 6.04 Å². The molecule has 1 aliphatic rings. The Morgan fingerprint density at radius 2 is 1.90 bits per heavy atom. The predicted molar refractivity (Wildman–Crippen MR) is 76.6 cm³/mol. The first-order chi connectivity index (χ1) is 9.59. The fraction of sp³-hybridized carbons (Fsp3) is 0.500. The summed E-state index contributed by atoms with van der Waals surface area (Å²) in [6, 6.07) is 2.26. The minimum absolute atomic E-state index is 0.221. The number of nitrogens with one attached hydrogen (secondary N) is 1. The van der Waals surface area contributed by atoms with Gasteiger partial charge in [-0.2, -0.15) is 0 Å². The first kappa shape index (κ1) is 16.7. The number of benzene rings is 1. The van der Waals surface area contributed by atoms with Gasteiger partial charge in [0, 0.05) is 16.7 Å². The van der Waals surface area contributed by atoms with Gasteiger partial charge in [-0.05, 0) is 43.4 Å². The van der Waals surface area contributed by atoms with Crippen LogP contribution in [0, 0.1) is 11.7 Å². The molecule has 2 rings (SSSR count). The molecule has 1 aromatic rings. The van der Waals surface area contributed by atoms with Crippen molar-refractivity contribution in [2.45, 2.75) is 42.0 Å². The summed E-state index contributed by atoms with van der Waals surface area (Å²) in [7, 11) is -3.03. The van der Waals surface area contributed by atoms with Crippen LogP contribution in [-0.2, 0) is 19.1 Å². The number of halogens is 2. The highest BCUT2D eigenvalue weighted by Gasteiger charge is 2.28. The lowest BCUT2D eigenvalue weighted by Crippen LogP contribution is -2.33. The fourth-order valence-electron chi connectivity index (χ4n) is 2.45. The number of sulfonamides is 1. The largest absolute Gasteiger partial charge is 0.261 e. The van der Waals surface area contributed by atoms with Gasteiger partial charge in [0.05, 0.1) is 4.90 Å². The van der Waals surface area contributed by atoms with E-state index in [4.69, 9.17) is 10.7 Å². The third-order valence-corrected chi connectivity index (χ3v) is 6.40. The molecule has 1 saturated carbocycles. The molecule has 0 radical (unpaired) electrons. The highest BCUT2D eigenvalue weighted by Crippen LogP contribution is 2.27. The van der Waals surface area contributed by atoms with Gasteiger partial charge >= 0.3 is 0 Å². The lowest BCUT2D eigenvalue weighted by atomic mass is 10.1. The Bertz CT molecular complexity index is 749. The molecule has 1 aliphatic carbocycles. The Hall–Kier alpha value is -0.700. The van der Waals surface area contributed by atoms with Crippen LogP contribution < -0.4 is 4.72 Å². The lowest BCUT2D eigenvalue weighted by molar-refractivity contribution is 0.526. The maximum atomic E-state index is 13.9. The smallest absolute Gasteiger partial charge is 0.208 e. The molecule has 1 aromatic carbocycles. The maximum absolute atomic E-state index is 13.9. The van der Waals surface area contributed by atoms with Crippen LogP contribution in [0.25, 0.3) is 0 Å². The van der Waals surface area contributed by atoms with Gasteiger partial charge in [-0.1, -0.05) is 6.92 Å². The Morgan fingerprint density at radius 3 is 2.38 bits per heavy atom. The molecular weight excluding hydrogens is 341 g/mol. The molecule has 1 N–H and O–H groups in total. The van der Waals surface area contributed by atoms with Crippen LogP contribution in [0.3, 0.4) is 0 Å². The first-order valence-corrected chi connectivity index (χ1v) is 10.2. The zero-order chi connectivity index (χ0) is 15.8. The summed E-state index contributed by atoms with van der Waals surface area (Å²) in [5.41, 5.74) is 0. The quantitative estimate of drug-likeness (QED) is 0.840. The molecule has 2 atom stereocenters. The van der Waals surface area contributed by atoms with E-state index in [9.17, 15) is 21.2 Å². The fourth-order valence-corrected chi connectivity index (χ4v) is 4.55. The topological polar surface area (TPSA) is 80.3 Å². The summed E-state index contributed by atoms with van der Waals surface area (Å²) in [5, 5.41) is 0. The summed E-state index contributed by atoms with van der Waals surface area (Å²) >= 11 is 0. The SMILES string of the molecule is CC1CCC(NS(=O)(=O)c2ccc(S(=O)(=O)Cl)cc2F)C1. The standard InChI is InChI=1S/C12H15ClFNO4S2/c1-8-2-3-9(6-8)15-21(18,19)12-5-4-10(7-11(12)14)20(13,16)17/h4-5,7-9,15H,2-3,6H2,1H3. The molecule has 0 aliphatic heterocycles. The molecule has 0 spiro atoms. The molecular formula is C12H15ClFNO4S2. The van der Waals surface area contributed by atoms with Crippen LogP contribution in [0.1, 0.15) is 26.2 Å². The highest BCUT2D eigenvalue weighted by atomic mass is 35.7. The molecule has 21 heavy (non-hydrogen) atoms. The molecule has 0 aromatic heterocycles. The van der Waals surface area contributed by atoms with Crippen LogP contribution >= 0.6 is 10.7 Å². The van der Waals surface area contributed by atoms with E-state index in [1.54, 1.807) is 0 Å². The number of rotatable bonds is 4. The molecule has 0 saturated heterocycles. The van der Waals surface area contributed by atoms with Gasteiger partial charge in [0.15, 0.2) is 0 Å². The van der Waals surface area contributed by atoms with Crippen molar-refractivity contribution in [1.29, 1.82) is 0 Å². The van der Waals surface area contributed by atoms with Crippen LogP contribution in [-0.4, -0.2) is 22.9 Å². The van der Waals surface area contributed by atoms with Crippen molar-refractivity contribution in [1.82, 2.24) is 4.72 Å². The third-order valence-electron chi connectivity index (χ3n) is 3.49. The van der Waals surface area contributed by atoms with Gasteiger partial charge in [0.2, 0.25) is 10.0 Å². The Labute approximate surface area is 128 Å². The van der Waals surface area contributed by atoms with E-state index in [1.807, 2.05) is 6.92 Å². The van der Waals surface area contributed by atoms with Gasteiger partial charge in [0.25, 0.3) is 9.05 Å². The van der Waals surface area contributed by atoms with Crippen LogP contribution in [0.15, 0.2) is 28.0 Å². The van der Waals surface area contributed by atoms with Gasteiger partial charge in [-0.3, -0.25) is 0 Å². The Morgan fingerprint density at radius 1 is 1.24 bits per heavy atom. The number of hydrogen-bond acceptors (Lipinski definition) is 4. The average Bonchev–Trinajstić information content (AvgIpc) is 2.72. The van der Waals surface area contributed by atoms with E-state index < -0.39 is 34.7 Å². The lowest BCUT2D eigenvalue weighted by Gasteiger charge is -2.13. The zero-order valence-electron chi connectivity index (χ0n) is 11.2. The normalized spacial score (nSPS) is 23.4. The summed E-state index contributed by atoms with van der Waals surface area (Å²) in [4.78, 5) is -1.05. The van der Waals surface area contributed by atoms with Crippen molar-refractivity contribution < 1.29 is 21.2 Å². The predicted octanol–water partition coefficient (Wildman–Crippen LogP) is 2.22. The van der Waals surface area contributed by atoms with E-state index in [1.165, 1.54) is 0 Å². The van der Waals surface area contributed by atoms with Crippen molar-refractivity contribution in [3.05, 3.63) is 24.0 Å². The minimum Gasteiger partial charge on any atom is -0.208 e. The van der Waals surface area contributed by atoms with Gasteiger partial charge < -0.3 is 0 Å². The van der Waals surface area contributed by atoms with Crippen molar-refractivity contribution in [2.75, 3.05) is 0 Å². The maximum Gasteiger partial charge on any atom is 0.261 e.